The lowest BCUT2D eigenvalue weighted by molar-refractivity contribution is -0.130. The number of amides is 1. The van der Waals surface area contributed by atoms with Gasteiger partial charge in [0.05, 0.1) is 30.7 Å². The van der Waals surface area contributed by atoms with E-state index in [1.165, 1.54) is 17.0 Å². The summed E-state index contributed by atoms with van der Waals surface area (Å²) in [6.07, 6.45) is 0.710. The molecule has 0 radical (unpaired) electrons. The standard InChI is InChI=1S/C19H21NO5S/c1-12(17-15-7-11-26-16(15)6-9-25-17)18(21)20-8-10-24-14-4-2-13(3-5-14)19(22)23/h2-5,7,11-12,17H,6,8-10H2,1H3,(H,20,21)(H,22,23). The van der Waals surface area contributed by atoms with E-state index in [-0.39, 0.29) is 23.5 Å². The highest BCUT2D eigenvalue weighted by atomic mass is 32.1. The average molecular weight is 375 g/mol. The molecule has 0 saturated heterocycles. The summed E-state index contributed by atoms with van der Waals surface area (Å²) in [7, 11) is 0. The molecule has 138 valence electrons. The molecule has 2 unspecified atom stereocenters. The van der Waals surface area contributed by atoms with Gasteiger partial charge in [-0.1, -0.05) is 6.92 Å². The molecule has 3 rings (SSSR count). The van der Waals surface area contributed by atoms with Crippen LogP contribution < -0.4 is 10.1 Å². The summed E-state index contributed by atoms with van der Waals surface area (Å²) in [5.74, 6) is -0.760. The zero-order valence-corrected chi connectivity index (χ0v) is 15.3. The van der Waals surface area contributed by atoms with E-state index in [2.05, 4.69) is 5.32 Å². The van der Waals surface area contributed by atoms with Crippen molar-refractivity contribution in [2.45, 2.75) is 19.4 Å². The number of carboxylic acids is 1. The van der Waals surface area contributed by atoms with Crippen LogP contribution in [0.3, 0.4) is 0 Å². The fourth-order valence-electron chi connectivity index (χ4n) is 2.92. The van der Waals surface area contributed by atoms with Gasteiger partial charge in [-0.3, -0.25) is 4.79 Å². The molecule has 0 fully saturated rings. The SMILES string of the molecule is CC(C(=O)NCCOc1ccc(C(=O)O)cc1)C1OCCc2sccc21. The number of fused-ring (bicyclic) bond motifs is 1. The number of aromatic carboxylic acids is 1. The topological polar surface area (TPSA) is 84.9 Å². The van der Waals surface area contributed by atoms with E-state index in [9.17, 15) is 9.59 Å². The highest BCUT2D eigenvalue weighted by Crippen LogP contribution is 2.35. The molecule has 0 saturated carbocycles. The van der Waals surface area contributed by atoms with Crippen LogP contribution in [-0.4, -0.2) is 36.7 Å². The van der Waals surface area contributed by atoms with Crippen molar-refractivity contribution in [1.29, 1.82) is 0 Å². The Morgan fingerprint density at radius 2 is 2.12 bits per heavy atom. The first-order chi connectivity index (χ1) is 12.6. The van der Waals surface area contributed by atoms with Crippen LogP contribution in [0.1, 0.15) is 33.8 Å². The number of carbonyl (C=O) groups is 2. The molecular weight excluding hydrogens is 354 g/mol. The third-order valence-electron chi connectivity index (χ3n) is 4.35. The van der Waals surface area contributed by atoms with E-state index < -0.39 is 5.97 Å². The summed E-state index contributed by atoms with van der Waals surface area (Å²) in [4.78, 5) is 24.5. The molecule has 6 nitrogen and oxygen atoms in total. The number of ether oxygens (including phenoxy) is 2. The number of hydrogen-bond donors (Lipinski definition) is 2. The van der Waals surface area contributed by atoms with Gasteiger partial charge in [0.15, 0.2) is 0 Å². The van der Waals surface area contributed by atoms with E-state index in [1.807, 2.05) is 18.4 Å². The second kappa shape index (κ2) is 8.33. The van der Waals surface area contributed by atoms with E-state index in [1.54, 1.807) is 23.5 Å². The molecule has 2 aromatic rings. The Balaban J connectivity index is 1.45. The maximum atomic E-state index is 12.4. The van der Waals surface area contributed by atoms with E-state index >= 15 is 0 Å². The third-order valence-corrected chi connectivity index (χ3v) is 5.35. The van der Waals surface area contributed by atoms with Gasteiger partial charge in [-0.2, -0.15) is 0 Å². The van der Waals surface area contributed by atoms with E-state index in [0.717, 1.165) is 12.0 Å². The van der Waals surface area contributed by atoms with Crippen molar-refractivity contribution in [3.63, 3.8) is 0 Å². The van der Waals surface area contributed by atoms with Gasteiger partial charge in [0.2, 0.25) is 5.91 Å². The first-order valence-corrected chi connectivity index (χ1v) is 9.36. The number of carbonyl (C=O) groups excluding carboxylic acids is 1. The van der Waals surface area contributed by atoms with Crippen LogP contribution >= 0.6 is 11.3 Å². The highest BCUT2D eigenvalue weighted by molar-refractivity contribution is 7.10. The summed E-state index contributed by atoms with van der Waals surface area (Å²) in [6, 6.07) is 8.20. The lowest BCUT2D eigenvalue weighted by Gasteiger charge is -2.28. The lowest BCUT2D eigenvalue weighted by Crippen LogP contribution is -2.36. The Bertz CT molecular complexity index is 770. The van der Waals surface area contributed by atoms with Crippen molar-refractivity contribution in [3.05, 3.63) is 51.7 Å². The molecule has 0 spiro atoms. The first-order valence-electron chi connectivity index (χ1n) is 8.48. The number of benzene rings is 1. The monoisotopic (exact) mass is 375 g/mol. The molecule has 7 heteroatoms. The van der Waals surface area contributed by atoms with Gasteiger partial charge in [0.1, 0.15) is 12.4 Å². The molecule has 1 aromatic heterocycles. The second-order valence-electron chi connectivity index (χ2n) is 6.10. The Morgan fingerprint density at radius 1 is 1.35 bits per heavy atom. The van der Waals surface area contributed by atoms with E-state index in [0.29, 0.717) is 25.5 Å². The van der Waals surface area contributed by atoms with Crippen molar-refractivity contribution in [2.75, 3.05) is 19.8 Å². The normalized spacial score (nSPS) is 17.2. The van der Waals surface area contributed by atoms with Crippen molar-refractivity contribution in [3.8, 4) is 5.75 Å². The van der Waals surface area contributed by atoms with Crippen LogP contribution in [0.2, 0.25) is 0 Å². The minimum absolute atomic E-state index is 0.0705. The summed E-state index contributed by atoms with van der Waals surface area (Å²) >= 11 is 1.71. The van der Waals surface area contributed by atoms with Gasteiger partial charge in [0, 0.05) is 11.3 Å². The first kappa shape index (κ1) is 18.4. The van der Waals surface area contributed by atoms with Crippen LogP contribution in [0.15, 0.2) is 35.7 Å². The van der Waals surface area contributed by atoms with Crippen LogP contribution in [-0.2, 0) is 16.0 Å². The fourth-order valence-corrected chi connectivity index (χ4v) is 3.82. The van der Waals surface area contributed by atoms with Crippen LogP contribution in [0.4, 0.5) is 0 Å². The van der Waals surface area contributed by atoms with Gasteiger partial charge in [-0.05, 0) is 41.3 Å². The fraction of sp³-hybridized carbons (Fsp3) is 0.368. The van der Waals surface area contributed by atoms with E-state index in [4.69, 9.17) is 14.6 Å². The minimum Gasteiger partial charge on any atom is -0.492 e. The maximum absolute atomic E-state index is 12.4. The number of thiophene rings is 1. The van der Waals surface area contributed by atoms with Crippen LogP contribution in [0.5, 0.6) is 5.75 Å². The smallest absolute Gasteiger partial charge is 0.335 e. The molecule has 1 aliphatic heterocycles. The zero-order valence-electron chi connectivity index (χ0n) is 14.4. The van der Waals surface area contributed by atoms with Gasteiger partial charge >= 0.3 is 5.97 Å². The predicted octanol–water partition coefficient (Wildman–Crippen LogP) is 2.89. The van der Waals surface area contributed by atoms with Gasteiger partial charge in [-0.25, -0.2) is 4.79 Å². The summed E-state index contributed by atoms with van der Waals surface area (Å²) in [6.45, 7) is 3.19. The quantitative estimate of drug-likeness (QED) is 0.727. The molecule has 0 aliphatic carbocycles. The van der Waals surface area contributed by atoms with Crippen molar-refractivity contribution < 1.29 is 24.2 Å². The molecular formula is C19H21NO5S. The largest absolute Gasteiger partial charge is 0.492 e. The number of rotatable bonds is 7. The van der Waals surface area contributed by atoms with Crippen molar-refractivity contribution in [2.24, 2.45) is 5.92 Å². The molecule has 0 bridgehead atoms. The Labute approximate surface area is 155 Å². The summed E-state index contributed by atoms with van der Waals surface area (Å²) in [5, 5.41) is 13.8. The summed E-state index contributed by atoms with van der Waals surface area (Å²) < 4.78 is 11.3. The van der Waals surface area contributed by atoms with Gasteiger partial charge in [-0.15, -0.1) is 11.3 Å². The maximum Gasteiger partial charge on any atom is 0.335 e. The molecule has 1 amide bonds. The number of hydrogen-bond acceptors (Lipinski definition) is 5. The van der Waals surface area contributed by atoms with Crippen LogP contribution in [0.25, 0.3) is 0 Å². The molecule has 2 N–H and O–H groups in total. The van der Waals surface area contributed by atoms with Gasteiger partial charge in [0.25, 0.3) is 0 Å². The van der Waals surface area contributed by atoms with Crippen molar-refractivity contribution in [1.82, 2.24) is 5.32 Å². The third kappa shape index (κ3) is 4.23. The molecule has 2 heterocycles. The Hall–Kier alpha value is -2.38. The number of carboxylic acid groups (broad SMARTS) is 1. The number of nitrogens with one attached hydrogen (secondary N) is 1. The molecule has 1 aliphatic rings. The lowest BCUT2D eigenvalue weighted by atomic mass is 9.94. The highest BCUT2D eigenvalue weighted by Gasteiger charge is 2.31. The Kier molecular flexibility index (Phi) is 5.90. The molecule has 1 aromatic carbocycles. The molecule has 2 atom stereocenters. The van der Waals surface area contributed by atoms with Crippen LogP contribution in [0, 0.1) is 5.92 Å². The molecule has 26 heavy (non-hydrogen) atoms. The predicted molar refractivity (Wildman–Crippen MR) is 97.8 cm³/mol. The second-order valence-corrected chi connectivity index (χ2v) is 7.10. The van der Waals surface area contributed by atoms with Gasteiger partial charge < -0.3 is 19.9 Å². The van der Waals surface area contributed by atoms with Crippen molar-refractivity contribution >= 4 is 23.2 Å². The zero-order chi connectivity index (χ0) is 18.5. The minimum atomic E-state index is -0.975. The Morgan fingerprint density at radius 3 is 2.85 bits per heavy atom. The average Bonchev–Trinajstić information content (AvgIpc) is 3.13. The summed E-state index contributed by atoms with van der Waals surface area (Å²) in [5.41, 5.74) is 1.33.